The number of carbonyl (C=O) groups is 1. The van der Waals surface area contributed by atoms with Crippen LogP contribution in [0, 0.1) is 0 Å². The van der Waals surface area contributed by atoms with Gasteiger partial charge in [-0.25, -0.2) is 4.79 Å². The summed E-state index contributed by atoms with van der Waals surface area (Å²) in [5.41, 5.74) is 1.55. The Hall–Kier alpha value is -2.31. The van der Waals surface area contributed by atoms with Gasteiger partial charge in [0.1, 0.15) is 11.3 Å². The van der Waals surface area contributed by atoms with Crippen molar-refractivity contribution in [2.75, 3.05) is 12.4 Å². The van der Waals surface area contributed by atoms with Gasteiger partial charge in [0, 0.05) is 12.6 Å². The lowest BCUT2D eigenvalue weighted by Crippen LogP contribution is -2.28. The fraction of sp³-hybridized carbons (Fsp3) is 0.125. The summed E-state index contributed by atoms with van der Waals surface area (Å²) < 4.78 is 5.07. The molecule has 0 atom stereocenters. The van der Waals surface area contributed by atoms with Crippen LogP contribution in [0.25, 0.3) is 0 Å². The molecular weight excluding hydrogens is 336 g/mol. The minimum atomic E-state index is -1.11. The third-order valence-corrected chi connectivity index (χ3v) is 3.62. The molecule has 5 nitrogen and oxygen atoms in total. The maximum absolute atomic E-state index is 11.1. The maximum Gasteiger partial charge on any atom is 0.339 e. The highest BCUT2D eigenvalue weighted by atomic mass is 35.5. The first-order chi connectivity index (χ1) is 11.0. The summed E-state index contributed by atoms with van der Waals surface area (Å²) in [7, 11) is 1.39. The molecule has 0 bridgehead atoms. The standard InChI is InChI=1S/C16H15ClN2O3S/c1-22-14-8-13(12(17)7-11(14)15(20)21)19-16(23)18-9-10-5-3-2-4-6-10/h2-8H,9H2,1H3,(H,20,21)(H2,18,19,23). The highest BCUT2D eigenvalue weighted by Crippen LogP contribution is 2.31. The van der Waals surface area contributed by atoms with Crippen molar-refractivity contribution in [2.45, 2.75) is 6.54 Å². The third kappa shape index (κ3) is 4.58. The summed E-state index contributed by atoms with van der Waals surface area (Å²) in [5.74, 6) is -0.907. The van der Waals surface area contributed by atoms with Crippen LogP contribution in [0.1, 0.15) is 15.9 Å². The molecule has 23 heavy (non-hydrogen) atoms. The van der Waals surface area contributed by atoms with E-state index in [0.29, 0.717) is 17.3 Å². The number of nitrogens with one attached hydrogen (secondary N) is 2. The number of rotatable bonds is 5. The van der Waals surface area contributed by atoms with Crippen LogP contribution in [-0.4, -0.2) is 23.3 Å². The highest BCUT2D eigenvalue weighted by Gasteiger charge is 2.15. The van der Waals surface area contributed by atoms with E-state index in [1.54, 1.807) is 0 Å². The Labute approximate surface area is 144 Å². The maximum atomic E-state index is 11.1. The van der Waals surface area contributed by atoms with Crippen molar-refractivity contribution in [1.29, 1.82) is 0 Å². The van der Waals surface area contributed by atoms with Crippen molar-refractivity contribution in [3.8, 4) is 5.75 Å². The second kappa shape index (κ2) is 7.80. The Bertz CT molecular complexity index is 723. The van der Waals surface area contributed by atoms with Crippen molar-refractivity contribution >= 4 is 40.6 Å². The summed E-state index contributed by atoms with van der Waals surface area (Å²) in [6, 6.07) is 12.6. The van der Waals surface area contributed by atoms with E-state index in [1.807, 2.05) is 30.3 Å². The Kier molecular flexibility index (Phi) is 5.78. The molecule has 0 radical (unpaired) electrons. The fourth-order valence-corrected chi connectivity index (χ4v) is 2.32. The molecule has 2 rings (SSSR count). The first kappa shape index (κ1) is 17.1. The van der Waals surface area contributed by atoms with E-state index in [4.69, 9.17) is 33.7 Å². The molecule has 0 heterocycles. The molecule has 2 aromatic carbocycles. The van der Waals surface area contributed by atoms with E-state index in [9.17, 15) is 4.79 Å². The monoisotopic (exact) mass is 350 g/mol. The van der Waals surface area contributed by atoms with Crippen molar-refractivity contribution in [1.82, 2.24) is 5.32 Å². The number of benzene rings is 2. The Balaban J connectivity index is 2.07. The number of anilines is 1. The second-order valence-electron chi connectivity index (χ2n) is 4.63. The van der Waals surface area contributed by atoms with Gasteiger partial charge in [-0.2, -0.15) is 0 Å². The molecule has 2 aromatic rings. The molecule has 0 unspecified atom stereocenters. The van der Waals surface area contributed by atoms with Crippen molar-refractivity contribution in [2.24, 2.45) is 0 Å². The summed E-state index contributed by atoms with van der Waals surface area (Å²) >= 11 is 11.3. The highest BCUT2D eigenvalue weighted by molar-refractivity contribution is 7.80. The van der Waals surface area contributed by atoms with E-state index in [0.717, 1.165) is 5.56 Å². The van der Waals surface area contributed by atoms with Gasteiger partial charge in [0.05, 0.1) is 17.8 Å². The van der Waals surface area contributed by atoms with E-state index in [-0.39, 0.29) is 16.3 Å². The smallest absolute Gasteiger partial charge is 0.339 e. The lowest BCUT2D eigenvalue weighted by atomic mass is 10.2. The number of carboxylic acid groups (broad SMARTS) is 1. The van der Waals surface area contributed by atoms with Crippen molar-refractivity contribution in [3.05, 3.63) is 58.6 Å². The molecule has 7 heteroatoms. The molecular formula is C16H15ClN2O3S. The molecule has 0 fully saturated rings. The number of hydrogen-bond donors (Lipinski definition) is 3. The van der Waals surface area contributed by atoms with Gasteiger partial charge in [0.2, 0.25) is 0 Å². The van der Waals surface area contributed by atoms with Gasteiger partial charge in [0.25, 0.3) is 0 Å². The molecule has 0 spiro atoms. The fourth-order valence-electron chi connectivity index (χ4n) is 1.93. The lowest BCUT2D eigenvalue weighted by molar-refractivity contribution is 0.0693. The number of halogens is 1. The van der Waals surface area contributed by atoms with Crippen LogP contribution in [0.2, 0.25) is 5.02 Å². The van der Waals surface area contributed by atoms with Gasteiger partial charge in [-0.3, -0.25) is 0 Å². The molecule has 0 amide bonds. The molecule has 0 saturated carbocycles. The molecule has 3 N–H and O–H groups in total. The average Bonchev–Trinajstić information content (AvgIpc) is 2.55. The first-order valence-electron chi connectivity index (χ1n) is 6.71. The molecule has 0 aromatic heterocycles. The van der Waals surface area contributed by atoms with Gasteiger partial charge in [-0.15, -0.1) is 0 Å². The van der Waals surface area contributed by atoms with Crippen LogP contribution >= 0.6 is 23.8 Å². The summed E-state index contributed by atoms with van der Waals surface area (Å²) in [6.07, 6.45) is 0. The SMILES string of the molecule is COc1cc(NC(=S)NCc2ccccc2)c(Cl)cc1C(=O)O. The van der Waals surface area contributed by atoms with Crippen LogP contribution in [0.5, 0.6) is 5.75 Å². The second-order valence-corrected chi connectivity index (χ2v) is 5.45. The molecule has 0 aliphatic heterocycles. The van der Waals surface area contributed by atoms with Crippen LogP contribution in [0.3, 0.4) is 0 Å². The topological polar surface area (TPSA) is 70.6 Å². The van der Waals surface area contributed by atoms with Gasteiger partial charge in [-0.1, -0.05) is 41.9 Å². The predicted molar refractivity (Wildman–Crippen MR) is 94.5 cm³/mol. The minimum Gasteiger partial charge on any atom is -0.496 e. The van der Waals surface area contributed by atoms with Gasteiger partial charge >= 0.3 is 5.97 Å². The number of methoxy groups -OCH3 is 1. The van der Waals surface area contributed by atoms with E-state index < -0.39 is 5.97 Å². The van der Waals surface area contributed by atoms with Crippen LogP contribution in [0.15, 0.2) is 42.5 Å². The largest absolute Gasteiger partial charge is 0.496 e. The molecule has 0 aliphatic rings. The lowest BCUT2D eigenvalue weighted by Gasteiger charge is -2.14. The zero-order valence-electron chi connectivity index (χ0n) is 12.3. The zero-order valence-corrected chi connectivity index (χ0v) is 13.9. The Morgan fingerprint density at radius 3 is 2.61 bits per heavy atom. The van der Waals surface area contributed by atoms with Crippen molar-refractivity contribution in [3.63, 3.8) is 0 Å². The number of carboxylic acids is 1. The Morgan fingerprint density at radius 2 is 2.00 bits per heavy atom. The van der Waals surface area contributed by atoms with Crippen molar-refractivity contribution < 1.29 is 14.6 Å². The quantitative estimate of drug-likeness (QED) is 0.717. The van der Waals surface area contributed by atoms with E-state index in [1.165, 1.54) is 19.2 Å². The predicted octanol–water partition coefficient (Wildman–Crippen LogP) is 3.53. The number of aromatic carboxylic acids is 1. The molecule has 0 saturated heterocycles. The Morgan fingerprint density at radius 1 is 1.30 bits per heavy atom. The summed E-state index contributed by atoms with van der Waals surface area (Å²) in [4.78, 5) is 11.1. The summed E-state index contributed by atoms with van der Waals surface area (Å²) in [5, 5.41) is 15.7. The van der Waals surface area contributed by atoms with Gasteiger partial charge in [0.15, 0.2) is 5.11 Å². The summed E-state index contributed by atoms with van der Waals surface area (Å²) in [6.45, 7) is 0.564. The van der Waals surface area contributed by atoms with Gasteiger partial charge in [-0.05, 0) is 23.8 Å². The molecule has 0 aliphatic carbocycles. The van der Waals surface area contributed by atoms with Crippen LogP contribution in [-0.2, 0) is 6.54 Å². The minimum absolute atomic E-state index is 0.00814. The van der Waals surface area contributed by atoms with E-state index >= 15 is 0 Å². The third-order valence-electron chi connectivity index (χ3n) is 3.06. The molecule has 120 valence electrons. The number of ether oxygens (including phenoxy) is 1. The normalized spacial score (nSPS) is 10.0. The number of hydrogen-bond acceptors (Lipinski definition) is 3. The number of thiocarbonyl (C=S) groups is 1. The average molecular weight is 351 g/mol. The van der Waals surface area contributed by atoms with E-state index in [2.05, 4.69) is 10.6 Å². The van der Waals surface area contributed by atoms with Crippen LogP contribution in [0.4, 0.5) is 5.69 Å². The first-order valence-corrected chi connectivity index (χ1v) is 7.49. The zero-order chi connectivity index (χ0) is 16.8. The van der Waals surface area contributed by atoms with Gasteiger partial charge < -0.3 is 20.5 Å². The van der Waals surface area contributed by atoms with Crippen LogP contribution < -0.4 is 15.4 Å².